The van der Waals surface area contributed by atoms with Gasteiger partial charge in [0.2, 0.25) is 0 Å². The van der Waals surface area contributed by atoms with Crippen LogP contribution in [-0.2, 0) is 12.8 Å². The molecule has 0 aliphatic heterocycles. The maximum Gasteiger partial charge on any atom is 0.00541 e. The standard InChI is InChI=1S/C16H29NS/c1-6-10-17-12-16(5,13(3)4)11-15-9-8-14(7-2)18-15/h8-9,13,17H,6-7,10-12H2,1-5H3. The summed E-state index contributed by atoms with van der Waals surface area (Å²) >= 11 is 1.99. The van der Waals surface area contributed by atoms with Crippen molar-refractivity contribution in [1.82, 2.24) is 5.32 Å². The van der Waals surface area contributed by atoms with E-state index in [2.05, 4.69) is 52.1 Å². The molecule has 1 aromatic heterocycles. The van der Waals surface area contributed by atoms with E-state index in [0.717, 1.165) is 19.5 Å². The van der Waals surface area contributed by atoms with E-state index in [-0.39, 0.29) is 0 Å². The average Bonchev–Trinajstić information content (AvgIpc) is 2.76. The smallest absolute Gasteiger partial charge is 0.00541 e. The topological polar surface area (TPSA) is 12.0 Å². The molecule has 1 nitrogen and oxygen atoms in total. The first-order valence-corrected chi connectivity index (χ1v) is 8.11. The van der Waals surface area contributed by atoms with Gasteiger partial charge in [-0.3, -0.25) is 0 Å². The van der Waals surface area contributed by atoms with Crippen LogP contribution in [0.5, 0.6) is 0 Å². The fourth-order valence-electron chi connectivity index (χ4n) is 2.13. The lowest BCUT2D eigenvalue weighted by Gasteiger charge is -2.34. The number of hydrogen-bond donors (Lipinski definition) is 1. The number of nitrogens with one attached hydrogen (secondary N) is 1. The third-order valence-corrected chi connectivity index (χ3v) is 5.22. The van der Waals surface area contributed by atoms with Crippen LogP contribution in [0.1, 0.15) is 50.8 Å². The zero-order valence-corrected chi connectivity index (χ0v) is 13.5. The highest BCUT2D eigenvalue weighted by Crippen LogP contribution is 2.33. The zero-order valence-electron chi connectivity index (χ0n) is 12.7. The Balaban J connectivity index is 2.66. The van der Waals surface area contributed by atoms with Crippen molar-refractivity contribution in [2.24, 2.45) is 11.3 Å². The predicted molar refractivity (Wildman–Crippen MR) is 83.5 cm³/mol. The minimum atomic E-state index is 0.366. The van der Waals surface area contributed by atoms with Gasteiger partial charge in [0.25, 0.3) is 0 Å². The number of thiophene rings is 1. The molecular formula is C16H29NS. The Labute approximate surface area is 117 Å². The SMILES string of the molecule is CCCNCC(C)(Cc1ccc(CC)s1)C(C)C. The van der Waals surface area contributed by atoms with Crippen molar-refractivity contribution >= 4 is 11.3 Å². The molecule has 1 aromatic rings. The van der Waals surface area contributed by atoms with Crippen molar-refractivity contribution in [2.45, 2.75) is 53.9 Å². The summed E-state index contributed by atoms with van der Waals surface area (Å²) in [5.74, 6) is 0.703. The van der Waals surface area contributed by atoms with Gasteiger partial charge in [-0.1, -0.05) is 34.6 Å². The highest BCUT2D eigenvalue weighted by atomic mass is 32.1. The second kappa shape index (κ2) is 7.30. The summed E-state index contributed by atoms with van der Waals surface area (Å²) in [6.45, 7) is 13.8. The summed E-state index contributed by atoms with van der Waals surface area (Å²) in [6.07, 6.45) is 3.58. The molecule has 1 rings (SSSR count). The van der Waals surface area contributed by atoms with Crippen LogP contribution in [0.4, 0.5) is 0 Å². The molecule has 0 aliphatic rings. The van der Waals surface area contributed by atoms with Crippen LogP contribution in [0, 0.1) is 11.3 Å². The number of hydrogen-bond acceptors (Lipinski definition) is 2. The van der Waals surface area contributed by atoms with E-state index >= 15 is 0 Å². The molecule has 0 saturated heterocycles. The quantitative estimate of drug-likeness (QED) is 0.683. The van der Waals surface area contributed by atoms with Crippen LogP contribution in [0.2, 0.25) is 0 Å². The summed E-state index contributed by atoms with van der Waals surface area (Å²) < 4.78 is 0. The van der Waals surface area contributed by atoms with Crippen molar-refractivity contribution in [2.75, 3.05) is 13.1 Å². The Kier molecular flexibility index (Phi) is 6.37. The van der Waals surface area contributed by atoms with E-state index in [4.69, 9.17) is 0 Å². The van der Waals surface area contributed by atoms with Gasteiger partial charge in [0.1, 0.15) is 0 Å². The van der Waals surface area contributed by atoms with E-state index in [0.29, 0.717) is 11.3 Å². The highest BCUT2D eigenvalue weighted by Gasteiger charge is 2.28. The molecule has 1 atom stereocenters. The van der Waals surface area contributed by atoms with Crippen molar-refractivity contribution in [1.29, 1.82) is 0 Å². The minimum absolute atomic E-state index is 0.366. The van der Waals surface area contributed by atoms with Crippen LogP contribution < -0.4 is 5.32 Å². The first-order chi connectivity index (χ1) is 8.51. The largest absolute Gasteiger partial charge is 0.316 e. The summed E-state index contributed by atoms with van der Waals surface area (Å²) in [6, 6.07) is 4.62. The summed E-state index contributed by atoms with van der Waals surface area (Å²) in [5, 5.41) is 3.60. The predicted octanol–water partition coefficient (Wildman–Crippen LogP) is 4.51. The van der Waals surface area contributed by atoms with Crippen molar-refractivity contribution in [3.05, 3.63) is 21.9 Å². The van der Waals surface area contributed by atoms with Gasteiger partial charge < -0.3 is 5.32 Å². The molecule has 18 heavy (non-hydrogen) atoms. The van der Waals surface area contributed by atoms with Gasteiger partial charge in [-0.05, 0) is 49.3 Å². The summed E-state index contributed by atoms with van der Waals surface area (Å²) in [7, 11) is 0. The fourth-order valence-corrected chi connectivity index (χ4v) is 3.28. The van der Waals surface area contributed by atoms with E-state index in [9.17, 15) is 0 Å². The Bertz CT molecular complexity index is 343. The number of aryl methyl sites for hydroxylation is 1. The molecule has 0 spiro atoms. The Morgan fingerprint density at radius 2 is 1.89 bits per heavy atom. The van der Waals surface area contributed by atoms with E-state index in [1.807, 2.05) is 11.3 Å². The molecule has 0 aromatic carbocycles. The summed E-state index contributed by atoms with van der Waals surface area (Å²) in [4.78, 5) is 3.05. The van der Waals surface area contributed by atoms with E-state index in [1.165, 1.54) is 17.7 Å². The molecular weight excluding hydrogens is 238 g/mol. The van der Waals surface area contributed by atoms with E-state index in [1.54, 1.807) is 4.88 Å². The maximum absolute atomic E-state index is 3.60. The maximum atomic E-state index is 3.60. The molecule has 104 valence electrons. The van der Waals surface area contributed by atoms with Gasteiger partial charge >= 0.3 is 0 Å². The Hall–Kier alpha value is -0.340. The van der Waals surface area contributed by atoms with Crippen molar-refractivity contribution < 1.29 is 0 Å². The average molecular weight is 267 g/mol. The molecule has 1 heterocycles. The van der Waals surface area contributed by atoms with Gasteiger partial charge in [0.15, 0.2) is 0 Å². The minimum Gasteiger partial charge on any atom is -0.316 e. The van der Waals surface area contributed by atoms with Gasteiger partial charge in [0.05, 0.1) is 0 Å². The van der Waals surface area contributed by atoms with Crippen molar-refractivity contribution in [3.63, 3.8) is 0 Å². The molecule has 1 unspecified atom stereocenters. The van der Waals surface area contributed by atoms with Crippen LogP contribution in [0.3, 0.4) is 0 Å². The van der Waals surface area contributed by atoms with Crippen LogP contribution in [0.15, 0.2) is 12.1 Å². The van der Waals surface area contributed by atoms with Gasteiger partial charge in [0, 0.05) is 16.3 Å². The molecule has 0 bridgehead atoms. The first-order valence-electron chi connectivity index (χ1n) is 7.30. The van der Waals surface area contributed by atoms with Gasteiger partial charge in [-0.25, -0.2) is 0 Å². The molecule has 0 aliphatic carbocycles. The second-order valence-electron chi connectivity index (χ2n) is 5.88. The zero-order chi connectivity index (χ0) is 13.6. The second-order valence-corrected chi connectivity index (χ2v) is 7.14. The fraction of sp³-hybridized carbons (Fsp3) is 0.750. The molecule has 0 amide bonds. The monoisotopic (exact) mass is 267 g/mol. The summed E-state index contributed by atoms with van der Waals surface area (Å²) in [5.41, 5.74) is 0.366. The number of rotatable bonds is 8. The lowest BCUT2D eigenvalue weighted by Crippen LogP contribution is -2.38. The van der Waals surface area contributed by atoms with E-state index < -0.39 is 0 Å². The first kappa shape index (κ1) is 15.7. The van der Waals surface area contributed by atoms with Gasteiger partial charge in [-0.2, -0.15) is 0 Å². The molecule has 2 heteroatoms. The molecule has 0 radical (unpaired) electrons. The van der Waals surface area contributed by atoms with Gasteiger partial charge in [-0.15, -0.1) is 11.3 Å². The lowest BCUT2D eigenvalue weighted by molar-refractivity contribution is 0.209. The van der Waals surface area contributed by atoms with Crippen LogP contribution >= 0.6 is 11.3 Å². The Morgan fingerprint density at radius 3 is 2.39 bits per heavy atom. The molecule has 0 saturated carbocycles. The van der Waals surface area contributed by atoms with Crippen LogP contribution in [0.25, 0.3) is 0 Å². The molecule has 0 fully saturated rings. The third-order valence-electron chi connectivity index (χ3n) is 3.99. The molecule has 1 N–H and O–H groups in total. The van der Waals surface area contributed by atoms with Crippen molar-refractivity contribution in [3.8, 4) is 0 Å². The van der Waals surface area contributed by atoms with Crippen LogP contribution in [-0.4, -0.2) is 13.1 Å². The highest BCUT2D eigenvalue weighted by molar-refractivity contribution is 7.11. The normalized spacial score (nSPS) is 15.0. The lowest BCUT2D eigenvalue weighted by atomic mass is 9.76. The third kappa shape index (κ3) is 4.40. The Morgan fingerprint density at radius 1 is 1.22 bits per heavy atom.